The minimum absolute atomic E-state index is 0. The second-order valence-electron chi connectivity index (χ2n) is 4.80. The fourth-order valence-electron chi connectivity index (χ4n) is 2.04. The zero-order chi connectivity index (χ0) is 21.8. The third-order valence-electron chi connectivity index (χ3n) is 3.06. The summed E-state index contributed by atoms with van der Waals surface area (Å²) in [5.74, 6) is -2.23. The predicted octanol–water partition coefficient (Wildman–Crippen LogP) is -1.78. The second-order valence-corrected chi connectivity index (χ2v) is 4.80. The Morgan fingerprint density at radius 3 is 1.89 bits per heavy atom. The Morgan fingerprint density at radius 1 is 1.04 bits per heavy atom. The van der Waals surface area contributed by atoms with Crippen LogP contribution in [-0.4, -0.2) is 88.6 Å². The molecule has 0 aromatic carbocycles. The summed E-state index contributed by atoms with van der Waals surface area (Å²) in [7, 11) is 0. The van der Waals surface area contributed by atoms with Crippen LogP contribution in [0.15, 0.2) is 0 Å². The van der Waals surface area contributed by atoms with Gasteiger partial charge in [0.05, 0.1) is 32.4 Å². The van der Waals surface area contributed by atoms with E-state index in [1.807, 2.05) is 0 Å². The van der Waals surface area contributed by atoms with Gasteiger partial charge < -0.3 is 29.9 Å². The van der Waals surface area contributed by atoms with E-state index in [2.05, 4.69) is 20.0 Å². The van der Waals surface area contributed by atoms with Crippen LogP contribution in [0.3, 0.4) is 0 Å². The Hall–Kier alpha value is -1.39. The van der Waals surface area contributed by atoms with Crippen LogP contribution in [0.25, 0.3) is 0 Å². The molecular formula is C15H21NO11Tc+7. The van der Waals surface area contributed by atoms with Crippen molar-refractivity contribution in [2.75, 3.05) is 32.8 Å². The topological polar surface area (TPSA) is 196 Å². The quantitative estimate of drug-likeness (QED) is 0.213. The molecule has 0 aliphatic carbocycles. The van der Waals surface area contributed by atoms with Gasteiger partial charge in [0.2, 0.25) is 0 Å². The van der Waals surface area contributed by atoms with Gasteiger partial charge >= 0.3 is 66.0 Å². The van der Waals surface area contributed by atoms with Gasteiger partial charge in [-0.15, -0.1) is 0 Å². The standard InChI is InChI=1S/C12H21NO8.3CO.Tc/c14-7-9-8(15)1-2-12(21-9)20-4-3-13(5-10(16)17)6-11(18)19;3*1-2;/h8-9,12,14-15H,1-7H2,(H,16,17)(H,18,19);;;;/q;;;;+7/t8-,9+,12-;;;;/m0..../s1/i;;;;1+1. The molecule has 1 heterocycles. The normalized spacial score (nSPS) is 19.7. The van der Waals surface area contributed by atoms with Gasteiger partial charge in [-0.25, -0.2) is 0 Å². The van der Waals surface area contributed by atoms with E-state index < -0.39 is 30.4 Å². The van der Waals surface area contributed by atoms with Gasteiger partial charge in [-0.1, -0.05) is 0 Å². The summed E-state index contributed by atoms with van der Waals surface area (Å²) in [5, 5.41) is 35.9. The van der Waals surface area contributed by atoms with Crippen LogP contribution in [0.4, 0.5) is 0 Å². The summed E-state index contributed by atoms with van der Waals surface area (Å²) in [6, 6.07) is 0. The molecule has 0 saturated carbocycles. The Kier molecular flexibility index (Phi) is 28.8. The van der Waals surface area contributed by atoms with E-state index in [4.69, 9.17) is 38.7 Å². The monoisotopic (exact) mass is 490 g/mol. The molecule has 4 N–H and O–H groups in total. The van der Waals surface area contributed by atoms with Crippen molar-refractivity contribution in [2.24, 2.45) is 0 Å². The molecule has 152 valence electrons. The molecule has 1 saturated heterocycles. The van der Waals surface area contributed by atoms with Crippen LogP contribution >= 0.6 is 0 Å². The van der Waals surface area contributed by atoms with Crippen LogP contribution in [0, 0.1) is 20.0 Å². The van der Waals surface area contributed by atoms with E-state index in [0.29, 0.717) is 12.8 Å². The maximum atomic E-state index is 10.6. The van der Waals surface area contributed by atoms with Crippen LogP contribution in [-0.2, 0) is 53.1 Å². The molecule has 3 atom stereocenters. The molecule has 0 bridgehead atoms. The summed E-state index contributed by atoms with van der Waals surface area (Å²) >= 11 is 0. The molecule has 0 unspecified atom stereocenters. The van der Waals surface area contributed by atoms with Crippen LogP contribution in [0.5, 0.6) is 0 Å². The number of ether oxygens (including phenoxy) is 2. The summed E-state index contributed by atoms with van der Waals surface area (Å²) in [6.45, 7) is 12.6. The number of nitrogens with zero attached hydrogens (tertiary/aromatic N) is 1. The van der Waals surface area contributed by atoms with E-state index >= 15 is 0 Å². The third kappa shape index (κ3) is 18.0. The average molecular weight is 490 g/mol. The number of aliphatic carboxylic acids is 2. The number of hydrogen-bond acceptors (Lipinski definition) is 7. The predicted molar refractivity (Wildman–Crippen MR) is 80.4 cm³/mol. The first-order valence-electron chi connectivity index (χ1n) is 7.25. The average Bonchev–Trinajstić information content (AvgIpc) is 2.67. The number of carbonyl (C=O) groups is 2. The van der Waals surface area contributed by atoms with Crippen LogP contribution in [0.2, 0.25) is 0 Å². The molecule has 28 heavy (non-hydrogen) atoms. The third-order valence-corrected chi connectivity index (χ3v) is 3.06. The maximum absolute atomic E-state index is 10.6. The summed E-state index contributed by atoms with van der Waals surface area (Å²) < 4.78 is 33.2. The van der Waals surface area contributed by atoms with E-state index in [0.717, 1.165) is 0 Å². The number of hydrogen-bond donors (Lipinski definition) is 4. The zero-order valence-electron chi connectivity index (χ0n) is 14.7. The van der Waals surface area contributed by atoms with E-state index in [-0.39, 0.29) is 53.0 Å². The molecule has 13 heteroatoms. The first kappa shape index (κ1) is 34.1. The van der Waals surface area contributed by atoms with Crippen molar-refractivity contribution >= 4 is 11.9 Å². The van der Waals surface area contributed by atoms with Crippen LogP contribution in [0.1, 0.15) is 12.8 Å². The van der Waals surface area contributed by atoms with Gasteiger partial charge in [0.25, 0.3) is 0 Å². The summed E-state index contributed by atoms with van der Waals surface area (Å²) in [4.78, 5) is 22.5. The van der Waals surface area contributed by atoms with Crippen molar-refractivity contribution in [1.82, 2.24) is 4.90 Å². The van der Waals surface area contributed by atoms with Gasteiger partial charge in [0.15, 0.2) is 6.29 Å². The molecule has 1 aliphatic heterocycles. The van der Waals surface area contributed by atoms with Crippen molar-refractivity contribution in [3.63, 3.8) is 0 Å². The fourth-order valence-corrected chi connectivity index (χ4v) is 2.04. The Labute approximate surface area is 174 Å². The first-order valence-corrected chi connectivity index (χ1v) is 7.25. The number of aliphatic hydroxyl groups is 2. The minimum atomic E-state index is -1.12. The molecule has 1 rings (SSSR count). The molecule has 12 nitrogen and oxygen atoms in total. The molecule has 0 amide bonds. The van der Waals surface area contributed by atoms with Gasteiger partial charge in [-0.05, 0) is 6.42 Å². The first-order chi connectivity index (χ1) is 12.9. The Morgan fingerprint density at radius 2 is 1.50 bits per heavy atom. The van der Waals surface area contributed by atoms with E-state index in [1.165, 1.54) is 4.90 Å². The van der Waals surface area contributed by atoms with Gasteiger partial charge in [-0.2, -0.15) is 0 Å². The molecule has 1 fully saturated rings. The van der Waals surface area contributed by atoms with Crippen molar-refractivity contribution in [1.29, 1.82) is 0 Å². The SMILES string of the molecule is O=C(O)CN(CCO[C@@H]1CC[C@H](O)[C@@H](CO)O1)CC(=O)O.[99Tc+7].[C-]#[O+].[C-]#[O+].[C-]#[O+]. The van der Waals surface area contributed by atoms with Crippen molar-refractivity contribution in [3.8, 4) is 0 Å². The second kappa shape index (κ2) is 23.6. The van der Waals surface area contributed by atoms with E-state index in [1.54, 1.807) is 0 Å². The molecule has 0 aromatic rings. The molecule has 1 aliphatic rings. The van der Waals surface area contributed by atoms with Gasteiger partial charge in [0.1, 0.15) is 6.10 Å². The van der Waals surface area contributed by atoms with Gasteiger partial charge in [-0.3, -0.25) is 14.5 Å². The Balaban J connectivity index is -0.000000374. The van der Waals surface area contributed by atoms with Crippen molar-refractivity contribution in [2.45, 2.75) is 31.3 Å². The molecule has 0 radical (unpaired) electrons. The summed E-state index contributed by atoms with van der Waals surface area (Å²) in [6.07, 6.45) is -1.13. The number of rotatable bonds is 9. The van der Waals surface area contributed by atoms with Crippen LogP contribution < -0.4 is 0 Å². The molecule has 0 aromatic heterocycles. The molecular weight excluding hydrogens is 469 g/mol. The van der Waals surface area contributed by atoms with Crippen molar-refractivity contribution in [3.05, 3.63) is 20.0 Å². The number of carboxylic acids is 2. The fraction of sp³-hybridized carbons (Fsp3) is 0.667. The summed E-state index contributed by atoms with van der Waals surface area (Å²) in [5.41, 5.74) is 0. The van der Waals surface area contributed by atoms with Crippen molar-refractivity contribution < 1.29 is 73.6 Å². The van der Waals surface area contributed by atoms with E-state index in [9.17, 15) is 14.7 Å². The number of carboxylic acid groups (broad SMARTS) is 2. The number of aliphatic hydroxyl groups excluding tert-OH is 2. The zero-order valence-corrected chi connectivity index (χ0v) is 16.5. The molecule has 0 spiro atoms. The Bertz CT molecular complexity index is 438. The van der Waals surface area contributed by atoms with Gasteiger partial charge in [0, 0.05) is 13.0 Å².